The van der Waals surface area contributed by atoms with E-state index in [-0.39, 0.29) is 30.6 Å². The molecular formula is C19H23BrClNO5. The smallest absolute Gasteiger partial charge is 0.410 e. The van der Waals surface area contributed by atoms with Crippen molar-refractivity contribution in [2.24, 2.45) is 0 Å². The summed E-state index contributed by atoms with van der Waals surface area (Å²) in [6, 6.07) is 3.45. The minimum Gasteiger partial charge on any atom is -0.488 e. The molecular weight excluding hydrogens is 438 g/mol. The number of halogens is 2. The maximum absolute atomic E-state index is 12.8. The van der Waals surface area contributed by atoms with E-state index in [2.05, 4.69) is 15.9 Å². The average molecular weight is 461 g/mol. The van der Waals surface area contributed by atoms with Gasteiger partial charge in [0.05, 0.1) is 11.1 Å². The second-order valence-electron chi connectivity index (χ2n) is 7.89. The van der Waals surface area contributed by atoms with Gasteiger partial charge >= 0.3 is 12.1 Å². The summed E-state index contributed by atoms with van der Waals surface area (Å²) in [6.07, 6.45) is -0.0292. The van der Waals surface area contributed by atoms with Crippen LogP contribution in [0.4, 0.5) is 4.79 Å². The first-order chi connectivity index (χ1) is 12.5. The average Bonchev–Trinajstić information content (AvgIpc) is 2.88. The second-order valence-corrected chi connectivity index (χ2v) is 9.22. The van der Waals surface area contributed by atoms with Crippen molar-refractivity contribution in [3.8, 4) is 5.75 Å². The molecule has 148 valence electrons. The molecule has 6 nitrogen and oxygen atoms in total. The number of ether oxygens (including phenoxy) is 3. The van der Waals surface area contributed by atoms with Gasteiger partial charge in [-0.15, -0.1) is 0 Å². The van der Waals surface area contributed by atoms with E-state index in [0.717, 1.165) is 10.0 Å². The van der Waals surface area contributed by atoms with Crippen molar-refractivity contribution in [1.82, 2.24) is 4.90 Å². The van der Waals surface area contributed by atoms with E-state index in [9.17, 15) is 9.59 Å². The molecule has 0 radical (unpaired) electrons. The third-order valence-corrected chi connectivity index (χ3v) is 5.34. The Morgan fingerprint density at radius 2 is 2.07 bits per heavy atom. The Labute approximate surface area is 172 Å². The topological polar surface area (TPSA) is 65.1 Å². The van der Waals surface area contributed by atoms with Gasteiger partial charge in [0.2, 0.25) is 0 Å². The van der Waals surface area contributed by atoms with Gasteiger partial charge in [0, 0.05) is 35.8 Å². The van der Waals surface area contributed by atoms with Crippen LogP contribution in [0.3, 0.4) is 0 Å². The van der Waals surface area contributed by atoms with Crippen molar-refractivity contribution in [2.75, 3.05) is 13.2 Å². The SMILES string of the molecule is CC(=O)OCC1CC2Oc3c(Cl)cc(Br)cc3C2CN1C(=O)OC(C)(C)C. The number of likely N-dealkylation sites (tertiary alicyclic amines) is 1. The highest BCUT2D eigenvalue weighted by Gasteiger charge is 2.46. The number of benzene rings is 1. The highest BCUT2D eigenvalue weighted by atomic mass is 79.9. The predicted molar refractivity (Wildman–Crippen MR) is 104 cm³/mol. The molecule has 8 heteroatoms. The van der Waals surface area contributed by atoms with Crippen LogP contribution >= 0.6 is 27.5 Å². The molecule has 0 bridgehead atoms. The van der Waals surface area contributed by atoms with Crippen molar-refractivity contribution in [1.29, 1.82) is 0 Å². The summed E-state index contributed by atoms with van der Waals surface area (Å²) in [5.41, 5.74) is 0.356. The van der Waals surface area contributed by atoms with Crippen LogP contribution in [0.15, 0.2) is 16.6 Å². The highest BCUT2D eigenvalue weighted by molar-refractivity contribution is 9.10. The lowest BCUT2D eigenvalue weighted by molar-refractivity contribution is -0.143. The van der Waals surface area contributed by atoms with Gasteiger partial charge in [-0.05, 0) is 32.9 Å². The first kappa shape index (κ1) is 20.3. The van der Waals surface area contributed by atoms with Crippen molar-refractivity contribution in [3.05, 3.63) is 27.2 Å². The number of esters is 1. The van der Waals surface area contributed by atoms with Crippen LogP contribution in [0.5, 0.6) is 5.75 Å². The molecule has 0 aromatic heterocycles. The Kier molecular flexibility index (Phi) is 5.64. The third-order valence-electron chi connectivity index (χ3n) is 4.60. The lowest BCUT2D eigenvalue weighted by Crippen LogP contribution is -2.54. The number of hydrogen-bond donors (Lipinski definition) is 0. The van der Waals surface area contributed by atoms with E-state index in [4.69, 9.17) is 25.8 Å². The van der Waals surface area contributed by atoms with Gasteiger partial charge in [0.15, 0.2) is 0 Å². The second kappa shape index (κ2) is 7.51. The van der Waals surface area contributed by atoms with E-state index < -0.39 is 11.7 Å². The Bertz CT molecular complexity index is 763. The first-order valence-corrected chi connectivity index (χ1v) is 10.0. The quantitative estimate of drug-likeness (QED) is 0.607. The van der Waals surface area contributed by atoms with Gasteiger partial charge in [-0.25, -0.2) is 4.79 Å². The fourth-order valence-corrected chi connectivity index (χ4v) is 4.39. The van der Waals surface area contributed by atoms with E-state index in [1.54, 1.807) is 11.0 Å². The Balaban J connectivity index is 1.87. The van der Waals surface area contributed by atoms with Gasteiger partial charge in [-0.3, -0.25) is 4.79 Å². The molecule has 0 aliphatic carbocycles. The van der Waals surface area contributed by atoms with Crippen molar-refractivity contribution in [3.63, 3.8) is 0 Å². The summed E-state index contributed by atoms with van der Waals surface area (Å²) in [7, 11) is 0. The molecule has 3 unspecified atom stereocenters. The number of piperidine rings is 1. The lowest BCUT2D eigenvalue weighted by atomic mass is 9.87. The monoisotopic (exact) mass is 459 g/mol. The van der Waals surface area contributed by atoms with Crippen molar-refractivity contribution < 1.29 is 23.8 Å². The Morgan fingerprint density at radius 3 is 2.70 bits per heavy atom. The highest BCUT2D eigenvalue weighted by Crippen LogP contribution is 2.48. The molecule has 1 aromatic rings. The van der Waals surface area contributed by atoms with Gasteiger partial charge in [0.25, 0.3) is 0 Å². The molecule has 1 amide bonds. The zero-order valence-corrected chi connectivity index (χ0v) is 18.1. The largest absolute Gasteiger partial charge is 0.488 e. The lowest BCUT2D eigenvalue weighted by Gasteiger charge is -2.40. The van der Waals surface area contributed by atoms with Gasteiger partial charge in [-0.2, -0.15) is 0 Å². The number of rotatable bonds is 2. The fourth-order valence-electron chi connectivity index (χ4n) is 3.51. The number of carbonyl (C=O) groups is 2. The summed E-state index contributed by atoms with van der Waals surface area (Å²) in [4.78, 5) is 25.7. The van der Waals surface area contributed by atoms with Crippen molar-refractivity contribution in [2.45, 2.75) is 57.8 Å². The molecule has 27 heavy (non-hydrogen) atoms. The van der Waals surface area contributed by atoms with Crippen LogP contribution in [0.25, 0.3) is 0 Å². The molecule has 3 atom stereocenters. The van der Waals surface area contributed by atoms with Crippen LogP contribution in [-0.2, 0) is 14.3 Å². The molecule has 2 heterocycles. The van der Waals surface area contributed by atoms with Crippen LogP contribution in [0.1, 0.15) is 45.6 Å². The third kappa shape index (κ3) is 4.51. The van der Waals surface area contributed by atoms with E-state index in [1.807, 2.05) is 26.8 Å². The molecule has 2 aliphatic rings. The zero-order chi connectivity index (χ0) is 19.9. The maximum Gasteiger partial charge on any atom is 0.410 e. The summed E-state index contributed by atoms with van der Waals surface area (Å²) in [6.45, 7) is 7.33. The van der Waals surface area contributed by atoms with E-state index in [1.165, 1.54) is 6.92 Å². The summed E-state index contributed by atoms with van der Waals surface area (Å²) >= 11 is 9.80. The molecule has 0 spiro atoms. The van der Waals surface area contributed by atoms with Crippen LogP contribution in [0, 0.1) is 0 Å². The molecule has 1 saturated heterocycles. The van der Waals surface area contributed by atoms with Crippen molar-refractivity contribution >= 4 is 39.6 Å². The fraction of sp³-hybridized carbons (Fsp3) is 0.579. The molecule has 0 saturated carbocycles. The zero-order valence-electron chi connectivity index (χ0n) is 15.8. The Morgan fingerprint density at radius 1 is 1.37 bits per heavy atom. The first-order valence-electron chi connectivity index (χ1n) is 8.83. The normalized spacial score (nSPS) is 23.9. The maximum atomic E-state index is 12.8. The van der Waals surface area contributed by atoms with Gasteiger partial charge < -0.3 is 19.1 Å². The van der Waals surface area contributed by atoms with Gasteiger partial charge in [-0.1, -0.05) is 27.5 Å². The number of nitrogens with zero attached hydrogens (tertiary/aromatic N) is 1. The van der Waals surface area contributed by atoms with Crippen LogP contribution < -0.4 is 4.74 Å². The summed E-state index contributed by atoms with van der Waals surface area (Å²) in [5, 5.41) is 0.536. The van der Waals surface area contributed by atoms with Crippen LogP contribution in [-0.4, -0.2) is 47.9 Å². The minimum atomic E-state index is -0.615. The molecule has 0 N–H and O–H groups in total. The number of fused-ring (bicyclic) bond motifs is 3. The minimum absolute atomic E-state index is 0.0175. The summed E-state index contributed by atoms with van der Waals surface area (Å²) < 4.78 is 17.7. The van der Waals surface area contributed by atoms with E-state index >= 15 is 0 Å². The predicted octanol–water partition coefficient (Wildman–Crippen LogP) is 4.52. The number of amides is 1. The molecule has 3 rings (SSSR count). The van der Waals surface area contributed by atoms with Crippen LogP contribution in [0.2, 0.25) is 5.02 Å². The Hall–Kier alpha value is -1.47. The molecule has 1 fully saturated rings. The standard InChI is InChI=1S/C19H23BrClNO5/c1-10(23)25-9-12-7-16-14(8-22(12)18(24)27-19(2,3)4)13-5-11(20)6-15(21)17(13)26-16/h5-6,12,14,16H,7-9H2,1-4H3. The number of carbonyl (C=O) groups excluding carboxylic acids is 2. The molecule has 1 aromatic carbocycles. The van der Waals surface area contributed by atoms with E-state index in [0.29, 0.717) is 23.7 Å². The summed E-state index contributed by atoms with van der Waals surface area (Å²) in [5.74, 6) is 0.257. The number of hydrogen-bond acceptors (Lipinski definition) is 5. The molecule has 2 aliphatic heterocycles. The van der Waals surface area contributed by atoms with Gasteiger partial charge in [0.1, 0.15) is 24.1 Å².